The van der Waals surface area contributed by atoms with Gasteiger partial charge in [0.15, 0.2) is 5.16 Å². The molecule has 1 N–H and O–H groups in total. The molecule has 1 aromatic carbocycles. The van der Waals surface area contributed by atoms with E-state index in [2.05, 4.69) is 53.6 Å². The maximum Gasteiger partial charge on any atom is 0.233 e. The van der Waals surface area contributed by atoms with Crippen LogP contribution in [0.2, 0.25) is 0 Å². The van der Waals surface area contributed by atoms with Crippen molar-refractivity contribution in [3.8, 4) is 0 Å². The lowest BCUT2D eigenvalue weighted by Gasteiger charge is -2.37. The van der Waals surface area contributed by atoms with Crippen LogP contribution in [0.25, 0.3) is 0 Å². The molecule has 1 aromatic heterocycles. The maximum atomic E-state index is 12.6. The minimum atomic E-state index is -0.213. The van der Waals surface area contributed by atoms with Gasteiger partial charge in [0, 0.05) is 7.05 Å². The highest BCUT2D eigenvalue weighted by atomic mass is 32.2. The molecule has 0 spiro atoms. The molecular weight excluding hydrogens is 320 g/mol. The van der Waals surface area contributed by atoms with Crippen LogP contribution in [0.1, 0.15) is 50.8 Å². The zero-order valence-electron chi connectivity index (χ0n) is 14.6. The van der Waals surface area contributed by atoms with Gasteiger partial charge < -0.3 is 9.88 Å². The molecule has 0 saturated carbocycles. The summed E-state index contributed by atoms with van der Waals surface area (Å²) in [7, 11) is 1.88. The number of carbonyl (C=O) groups is 1. The van der Waals surface area contributed by atoms with Crippen molar-refractivity contribution in [2.45, 2.75) is 55.5 Å². The van der Waals surface area contributed by atoms with Gasteiger partial charge in [0.2, 0.25) is 5.91 Å². The van der Waals surface area contributed by atoms with Crippen molar-refractivity contribution in [2.75, 3.05) is 0 Å². The van der Waals surface area contributed by atoms with Crippen LogP contribution in [-0.4, -0.2) is 25.9 Å². The Hall–Kier alpha value is -1.82. The normalized spacial score (nSPS) is 20.2. The smallest absolute Gasteiger partial charge is 0.233 e. The van der Waals surface area contributed by atoms with Crippen molar-refractivity contribution in [3.05, 3.63) is 41.7 Å². The van der Waals surface area contributed by atoms with Crippen LogP contribution in [0.15, 0.2) is 35.7 Å². The molecule has 6 heteroatoms. The van der Waals surface area contributed by atoms with Crippen LogP contribution >= 0.6 is 11.8 Å². The Balaban J connectivity index is 1.72. The van der Waals surface area contributed by atoms with Gasteiger partial charge in [0.05, 0.1) is 11.3 Å². The lowest BCUT2D eigenvalue weighted by molar-refractivity contribution is -0.121. The number of hydrogen-bond donors (Lipinski definition) is 1. The molecule has 0 radical (unpaired) electrons. The van der Waals surface area contributed by atoms with E-state index in [4.69, 9.17) is 0 Å². The van der Waals surface area contributed by atoms with E-state index in [1.807, 2.05) is 18.5 Å². The molecule has 0 saturated heterocycles. The lowest BCUT2D eigenvalue weighted by atomic mass is 9.71. The molecule has 0 aliphatic heterocycles. The molecular formula is C18H24N4OS. The second-order valence-electron chi connectivity index (χ2n) is 7.06. The second kappa shape index (κ2) is 6.59. The first kappa shape index (κ1) is 17.0. The summed E-state index contributed by atoms with van der Waals surface area (Å²) in [4.78, 5) is 12.6. The Bertz CT molecular complexity index is 740. The van der Waals surface area contributed by atoms with E-state index in [1.165, 1.54) is 22.9 Å². The van der Waals surface area contributed by atoms with Gasteiger partial charge in [-0.1, -0.05) is 49.9 Å². The summed E-state index contributed by atoms with van der Waals surface area (Å²) in [5.74, 6) is 0.0440. The predicted molar refractivity (Wildman–Crippen MR) is 95.9 cm³/mol. The first-order chi connectivity index (χ1) is 11.4. The van der Waals surface area contributed by atoms with Crippen molar-refractivity contribution in [1.29, 1.82) is 0 Å². The SMILES string of the molecule is C[C@H](Sc1nncn1C)C(=O)N[C@H]1CCC(C)(C)c2ccccc21. The Morgan fingerprint density at radius 1 is 1.42 bits per heavy atom. The molecule has 2 atom stereocenters. The molecule has 0 unspecified atom stereocenters. The van der Waals surface area contributed by atoms with Gasteiger partial charge in [0.25, 0.3) is 0 Å². The number of aryl methyl sites for hydroxylation is 1. The Morgan fingerprint density at radius 2 is 2.17 bits per heavy atom. The zero-order chi connectivity index (χ0) is 17.3. The van der Waals surface area contributed by atoms with E-state index < -0.39 is 0 Å². The molecule has 1 heterocycles. The third-order valence-corrected chi connectivity index (χ3v) is 5.91. The van der Waals surface area contributed by atoms with E-state index in [1.54, 1.807) is 6.33 Å². The molecule has 24 heavy (non-hydrogen) atoms. The zero-order valence-corrected chi connectivity index (χ0v) is 15.4. The third-order valence-electron chi connectivity index (χ3n) is 4.76. The van der Waals surface area contributed by atoms with E-state index in [-0.39, 0.29) is 22.6 Å². The number of thioether (sulfide) groups is 1. The quantitative estimate of drug-likeness (QED) is 0.865. The standard InChI is InChI=1S/C18H24N4OS/c1-12(24-17-21-19-11-22(17)4)16(23)20-15-9-10-18(2,3)14-8-6-5-7-13(14)15/h5-8,11-12,15H,9-10H2,1-4H3,(H,20,23)/t12-,15-/m0/s1. The number of carbonyl (C=O) groups excluding carboxylic acids is 1. The monoisotopic (exact) mass is 344 g/mol. The van der Waals surface area contributed by atoms with E-state index in [0.29, 0.717) is 0 Å². The highest BCUT2D eigenvalue weighted by Crippen LogP contribution is 2.41. The minimum absolute atomic E-state index is 0.0440. The number of nitrogens with one attached hydrogen (secondary N) is 1. The van der Waals surface area contributed by atoms with Crippen molar-refractivity contribution in [2.24, 2.45) is 7.05 Å². The highest BCUT2D eigenvalue weighted by Gasteiger charge is 2.33. The number of amides is 1. The van der Waals surface area contributed by atoms with Gasteiger partial charge in [0.1, 0.15) is 6.33 Å². The first-order valence-corrected chi connectivity index (χ1v) is 9.17. The molecule has 2 aromatic rings. The van der Waals surface area contributed by atoms with Crippen molar-refractivity contribution >= 4 is 17.7 Å². The van der Waals surface area contributed by atoms with Crippen LogP contribution in [0.5, 0.6) is 0 Å². The fourth-order valence-corrected chi connectivity index (χ4v) is 4.04. The average Bonchev–Trinajstić information content (AvgIpc) is 2.95. The Kier molecular flexibility index (Phi) is 4.67. The third kappa shape index (κ3) is 3.34. The van der Waals surface area contributed by atoms with Crippen LogP contribution in [0.3, 0.4) is 0 Å². The van der Waals surface area contributed by atoms with Crippen molar-refractivity contribution in [1.82, 2.24) is 20.1 Å². The molecule has 3 rings (SSSR count). The minimum Gasteiger partial charge on any atom is -0.348 e. The van der Waals surface area contributed by atoms with Gasteiger partial charge in [-0.05, 0) is 36.3 Å². The Morgan fingerprint density at radius 3 is 2.88 bits per heavy atom. The summed E-state index contributed by atoms with van der Waals surface area (Å²) in [6, 6.07) is 8.55. The summed E-state index contributed by atoms with van der Waals surface area (Å²) in [6.07, 6.45) is 3.68. The van der Waals surface area contributed by atoms with Gasteiger partial charge in [-0.15, -0.1) is 10.2 Å². The molecule has 1 aliphatic carbocycles. The first-order valence-electron chi connectivity index (χ1n) is 8.29. The van der Waals surface area contributed by atoms with E-state index in [0.717, 1.165) is 18.0 Å². The number of hydrogen-bond acceptors (Lipinski definition) is 4. The molecule has 0 fully saturated rings. The number of nitrogens with zero attached hydrogens (tertiary/aromatic N) is 3. The fourth-order valence-electron chi connectivity index (χ4n) is 3.24. The van der Waals surface area contributed by atoms with Gasteiger partial charge in [-0.2, -0.15) is 0 Å². The number of fused-ring (bicyclic) bond motifs is 1. The van der Waals surface area contributed by atoms with Crippen LogP contribution < -0.4 is 5.32 Å². The van der Waals surface area contributed by atoms with Crippen molar-refractivity contribution in [3.63, 3.8) is 0 Å². The van der Waals surface area contributed by atoms with Crippen molar-refractivity contribution < 1.29 is 4.79 Å². The summed E-state index contributed by atoms with van der Waals surface area (Å²) < 4.78 is 1.83. The second-order valence-corrected chi connectivity index (χ2v) is 8.36. The molecule has 1 aliphatic rings. The highest BCUT2D eigenvalue weighted by molar-refractivity contribution is 8.00. The number of aromatic nitrogens is 3. The number of benzene rings is 1. The number of rotatable bonds is 4. The summed E-state index contributed by atoms with van der Waals surface area (Å²) in [5.41, 5.74) is 2.75. The van der Waals surface area contributed by atoms with Gasteiger partial charge in [-0.3, -0.25) is 4.79 Å². The van der Waals surface area contributed by atoms with Gasteiger partial charge in [-0.25, -0.2) is 0 Å². The largest absolute Gasteiger partial charge is 0.348 e. The molecule has 128 valence electrons. The Labute approximate surface area is 147 Å². The van der Waals surface area contributed by atoms with E-state index in [9.17, 15) is 4.79 Å². The fraction of sp³-hybridized carbons (Fsp3) is 0.500. The van der Waals surface area contributed by atoms with Crippen LogP contribution in [0.4, 0.5) is 0 Å². The lowest BCUT2D eigenvalue weighted by Crippen LogP contribution is -2.38. The van der Waals surface area contributed by atoms with Gasteiger partial charge >= 0.3 is 0 Å². The average molecular weight is 344 g/mol. The topological polar surface area (TPSA) is 59.8 Å². The predicted octanol–water partition coefficient (Wildman–Crippen LogP) is 3.22. The summed E-state index contributed by atoms with van der Waals surface area (Å²) in [5, 5.41) is 11.7. The van der Waals surface area contributed by atoms with Crippen LogP contribution in [0, 0.1) is 0 Å². The van der Waals surface area contributed by atoms with E-state index >= 15 is 0 Å². The molecule has 5 nitrogen and oxygen atoms in total. The van der Waals surface area contributed by atoms with Crippen LogP contribution in [-0.2, 0) is 17.3 Å². The molecule has 1 amide bonds. The maximum absolute atomic E-state index is 12.6. The summed E-state index contributed by atoms with van der Waals surface area (Å²) in [6.45, 7) is 6.46. The summed E-state index contributed by atoms with van der Waals surface area (Å²) >= 11 is 1.43. The molecule has 0 bridgehead atoms.